The fourth-order valence-electron chi connectivity index (χ4n) is 1.74. The van der Waals surface area contributed by atoms with Crippen molar-refractivity contribution in [2.45, 2.75) is 20.8 Å². The van der Waals surface area contributed by atoms with Crippen LogP contribution in [0.5, 0.6) is 5.75 Å². The van der Waals surface area contributed by atoms with E-state index >= 15 is 0 Å². The van der Waals surface area contributed by atoms with Gasteiger partial charge in [-0.2, -0.15) is 0 Å². The van der Waals surface area contributed by atoms with Gasteiger partial charge in [0.15, 0.2) is 6.61 Å². The lowest BCUT2D eigenvalue weighted by Crippen LogP contribution is -2.37. The first-order valence-corrected chi connectivity index (χ1v) is 7.38. The monoisotopic (exact) mass is 328 g/mol. The summed E-state index contributed by atoms with van der Waals surface area (Å²) < 4.78 is 10.1. The third-order valence-electron chi connectivity index (χ3n) is 2.77. The number of carbonyl (C=O) groups excluding carboxylic acids is 2. The van der Waals surface area contributed by atoms with Gasteiger partial charge in [0.25, 0.3) is 5.91 Å². The molecule has 0 saturated heterocycles. The molecule has 0 fully saturated rings. The number of amides is 2. The summed E-state index contributed by atoms with van der Waals surface area (Å²) in [6.45, 7) is 6.29. The van der Waals surface area contributed by atoms with Gasteiger partial charge in [0.1, 0.15) is 5.75 Å². The molecule has 7 heteroatoms. The molecule has 0 aliphatic heterocycles. The molecule has 0 radical (unpaired) electrons. The lowest BCUT2D eigenvalue weighted by Gasteiger charge is -2.10. The molecule has 2 N–H and O–H groups in total. The Bertz CT molecular complexity index is 511. The molecule has 0 atom stereocenters. The highest BCUT2D eigenvalue weighted by Crippen LogP contribution is 2.25. The van der Waals surface area contributed by atoms with Crippen LogP contribution in [-0.2, 0) is 9.53 Å². The first kappa shape index (κ1) is 18.1. The van der Waals surface area contributed by atoms with Crippen LogP contribution in [0.1, 0.15) is 18.1 Å². The average molecular weight is 329 g/mol. The van der Waals surface area contributed by atoms with Crippen LogP contribution < -0.4 is 15.4 Å². The standard InChI is InChI=1S/C15H21ClN2O4/c1-4-21-15(20)18-6-5-17-13(19)9-22-12-7-10(2)14(16)11(3)8-12/h7-8H,4-6,9H2,1-3H3,(H,17,19)(H,18,20). The van der Waals surface area contributed by atoms with Crippen molar-refractivity contribution in [2.75, 3.05) is 26.3 Å². The van der Waals surface area contributed by atoms with Crippen LogP contribution in [0, 0.1) is 13.8 Å². The number of benzene rings is 1. The molecule has 0 aliphatic rings. The Labute approximate surface area is 135 Å². The van der Waals surface area contributed by atoms with Gasteiger partial charge in [-0.05, 0) is 44.0 Å². The smallest absolute Gasteiger partial charge is 0.407 e. The highest BCUT2D eigenvalue weighted by molar-refractivity contribution is 6.32. The minimum atomic E-state index is -0.500. The summed E-state index contributed by atoms with van der Waals surface area (Å²) in [4.78, 5) is 22.6. The molecule has 0 unspecified atom stereocenters. The molecule has 0 aliphatic carbocycles. The molecule has 22 heavy (non-hydrogen) atoms. The number of hydrogen-bond donors (Lipinski definition) is 2. The quantitative estimate of drug-likeness (QED) is 0.752. The van der Waals surface area contributed by atoms with Gasteiger partial charge in [0, 0.05) is 18.1 Å². The van der Waals surface area contributed by atoms with Crippen LogP contribution >= 0.6 is 11.6 Å². The predicted molar refractivity (Wildman–Crippen MR) is 84.5 cm³/mol. The molecule has 1 aromatic carbocycles. The van der Waals surface area contributed by atoms with E-state index in [0.717, 1.165) is 11.1 Å². The van der Waals surface area contributed by atoms with Crippen LogP contribution in [0.2, 0.25) is 5.02 Å². The van der Waals surface area contributed by atoms with Crippen molar-refractivity contribution >= 4 is 23.6 Å². The van der Waals surface area contributed by atoms with E-state index in [1.165, 1.54) is 0 Å². The molecule has 2 amide bonds. The third-order valence-corrected chi connectivity index (χ3v) is 3.37. The van der Waals surface area contributed by atoms with Crippen LogP contribution in [0.3, 0.4) is 0 Å². The van der Waals surface area contributed by atoms with Gasteiger partial charge in [-0.1, -0.05) is 11.6 Å². The number of alkyl carbamates (subject to hydrolysis) is 1. The lowest BCUT2D eigenvalue weighted by molar-refractivity contribution is -0.123. The second-order valence-electron chi connectivity index (χ2n) is 4.66. The summed E-state index contributed by atoms with van der Waals surface area (Å²) in [5.41, 5.74) is 1.80. The van der Waals surface area contributed by atoms with E-state index in [4.69, 9.17) is 16.3 Å². The largest absolute Gasteiger partial charge is 0.484 e. The van der Waals surface area contributed by atoms with E-state index in [-0.39, 0.29) is 12.5 Å². The van der Waals surface area contributed by atoms with Crippen LogP contribution in [0.25, 0.3) is 0 Å². The van der Waals surface area contributed by atoms with Gasteiger partial charge in [0.2, 0.25) is 0 Å². The Kier molecular flexibility index (Phi) is 7.52. The van der Waals surface area contributed by atoms with Crippen molar-refractivity contribution in [1.82, 2.24) is 10.6 Å². The Morgan fingerprint density at radius 1 is 1.14 bits per heavy atom. The summed E-state index contributed by atoms with van der Waals surface area (Å²) in [6, 6.07) is 3.57. The van der Waals surface area contributed by atoms with E-state index in [1.54, 1.807) is 19.1 Å². The number of hydrogen-bond acceptors (Lipinski definition) is 4. The van der Waals surface area contributed by atoms with Crippen molar-refractivity contribution in [3.63, 3.8) is 0 Å². The molecule has 0 bridgehead atoms. The zero-order valence-corrected chi connectivity index (χ0v) is 13.8. The van der Waals surface area contributed by atoms with Gasteiger partial charge < -0.3 is 20.1 Å². The molecule has 1 rings (SSSR count). The molecule has 0 spiro atoms. The predicted octanol–water partition coefficient (Wildman–Crippen LogP) is 2.20. The number of rotatable bonds is 7. The van der Waals surface area contributed by atoms with Crippen molar-refractivity contribution in [2.24, 2.45) is 0 Å². The van der Waals surface area contributed by atoms with Gasteiger partial charge in [-0.15, -0.1) is 0 Å². The normalized spacial score (nSPS) is 10.0. The summed E-state index contributed by atoms with van der Waals surface area (Å²) in [5, 5.41) is 5.83. The molecule has 0 aromatic heterocycles. The highest BCUT2D eigenvalue weighted by Gasteiger charge is 2.06. The van der Waals surface area contributed by atoms with Gasteiger partial charge in [-0.3, -0.25) is 4.79 Å². The maximum Gasteiger partial charge on any atom is 0.407 e. The molecule has 6 nitrogen and oxygen atoms in total. The summed E-state index contributed by atoms with van der Waals surface area (Å²) in [6.07, 6.45) is -0.500. The number of aryl methyl sites for hydroxylation is 2. The first-order chi connectivity index (χ1) is 10.4. The third kappa shape index (κ3) is 6.22. The molecule has 1 aromatic rings. The van der Waals surface area contributed by atoms with E-state index in [1.807, 2.05) is 13.8 Å². The minimum absolute atomic E-state index is 0.0973. The second-order valence-corrected chi connectivity index (χ2v) is 5.03. The van der Waals surface area contributed by atoms with Crippen molar-refractivity contribution < 1.29 is 19.1 Å². The number of ether oxygens (including phenoxy) is 2. The number of nitrogens with one attached hydrogen (secondary N) is 2. The fraction of sp³-hybridized carbons (Fsp3) is 0.467. The van der Waals surface area contributed by atoms with Crippen LogP contribution in [0.4, 0.5) is 4.79 Å². The minimum Gasteiger partial charge on any atom is -0.484 e. The fourth-order valence-corrected chi connectivity index (χ4v) is 1.85. The topological polar surface area (TPSA) is 76.7 Å². The Morgan fingerprint density at radius 2 is 1.73 bits per heavy atom. The molecule has 0 heterocycles. The second kappa shape index (κ2) is 9.15. The van der Waals surface area contributed by atoms with Gasteiger partial charge >= 0.3 is 6.09 Å². The maximum atomic E-state index is 11.6. The maximum absolute atomic E-state index is 11.6. The van der Waals surface area contributed by atoms with Crippen LogP contribution in [0.15, 0.2) is 12.1 Å². The molecule has 122 valence electrons. The van der Waals surface area contributed by atoms with E-state index in [2.05, 4.69) is 15.4 Å². The van der Waals surface area contributed by atoms with E-state index < -0.39 is 6.09 Å². The summed E-state index contributed by atoms with van der Waals surface area (Å²) in [7, 11) is 0. The average Bonchev–Trinajstić information content (AvgIpc) is 2.47. The van der Waals surface area contributed by atoms with Crippen molar-refractivity contribution in [3.05, 3.63) is 28.3 Å². The first-order valence-electron chi connectivity index (χ1n) is 7.01. The SMILES string of the molecule is CCOC(=O)NCCNC(=O)COc1cc(C)c(Cl)c(C)c1. The molecule has 0 saturated carbocycles. The Hall–Kier alpha value is -1.95. The van der Waals surface area contributed by atoms with E-state index in [0.29, 0.717) is 30.5 Å². The van der Waals surface area contributed by atoms with E-state index in [9.17, 15) is 9.59 Å². The van der Waals surface area contributed by atoms with Crippen LogP contribution in [-0.4, -0.2) is 38.3 Å². The number of halogens is 1. The Balaban J connectivity index is 2.27. The van der Waals surface area contributed by atoms with Gasteiger partial charge in [-0.25, -0.2) is 4.79 Å². The zero-order chi connectivity index (χ0) is 16.5. The summed E-state index contributed by atoms with van der Waals surface area (Å²) >= 11 is 6.07. The Morgan fingerprint density at radius 3 is 2.32 bits per heavy atom. The van der Waals surface area contributed by atoms with Crippen molar-refractivity contribution in [3.8, 4) is 5.75 Å². The zero-order valence-electron chi connectivity index (χ0n) is 13.0. The molecular weight excluding hydrogens is 308 g/mol. The summed E-state index contributed by atoms with van der Waals surface area (Å²) in [5.74, 6) is 0.329. The number of carbonyl (C=O) groups is 2. The van der Waals surface area contributed by atoms with Crippen molar-refractivity contribution in [1.29, 1.82) is 0 Å². The molecular formula is C15H21ClN2O4. The van der Waals surface area contributed by atoms with Gasteiger partial charge in [0.05, 0.1) is 6.61 Å². The highest BCUT2D eigenvalue weighted by atomic mass is 35.5. The lowest BCUT2D eigenvalue weighted by atomic mass is 10.1.